The van der Waals surface area contributed by atoms with E-state index in [0.717, 1.165) is 0 Å². The van der Waals surface area contributed by atoms with Crippen LogP contribution in [-0.4, -0.2) is 21.1 Å². The normalized spacial score (nSPS) is 10.5. The Morgan fingerprint density at radius 2 is 2.04 bits per heavy atom. The molecule has 0 fully saturated rings. The second-order valence-corrected chi connectivity index (χ2v) is 6.00. The first-order valence-electron chi connectivity index (χ1n) is 7.27. The molecule has 0 aliphatic carbocycles. The number of nitrogens with zero attached hydrogens (tertiary/aromatic N) is 2. The van der Waals surface area contributed by atoms with E-state index in [1.807, 2.05) is 0 Å². The van der Waals surface area contributed by atoms with Crippen molar-refractivity contribution in [3.8, 4) is 11.3 Å². The Balaban J connectivity index is 1.81. The number of hydrogen-bond donors (Lipinski definition) is 2. The minimum Gasteiger partial charge on any atom is -0.348 e. The number of nitrogens with one attached hydrogen (secondary N) is 2. The van der Waals surface area contributed by atoms with Crippen LogP contribution < -0.4 is 10.9 Å². The van der Waals surface area contributed by atoms with Crippen molar-refractivity contribution in [1.29, 1.82) is 0 Å². The fourth-order valence-corrected chi connectivity index (χ4v) is 2.65. The molecule has 0 spiro atoms. The third-order valence-electron chi connectivity index (χ3n) is 3.46. The molecular weight excluding hydrogens is 363 g/mol. The largest absolute Gasteiger partial charge is 0.348 e. The number of carbonyl (C=O) groups is 1. The summed E-state index contributed by atoms with van der Waals surface area (Å²) in [6, 6.07) is 9.92. The number of carbonyl (C=O) groups excluding carboxylic acids is 1. The lowest BCUT2D eigenvalue weighted by Gasteiger charge is -2.08. The highest BCUT2D eigenvalue weighted by Gasteiger charge is 2.13. The van der Waals surface area contributed by atoms with Gasteiger partial charge in [0.1, 0.15) is 5.56 Å². The molecule has 25 heavy (non-hydrogen) atoms. The molecule has 0 aliphatic rings. The number of aromatic amines is 1. The first-order chi connectivity index (χ1) is 12.0. The zero-order valence-corrected chi connectivity index (χ0v) is 14.3. The van der Waals surface area contributed by atoms with Gasteiger partial charge in [0.25, 0.3) is 11.5 Å². The maximum Gasteiger partial charge on any atom is 0.277 e. The highest BCUT2D eigenvalue weighted by molar-refractivity contribution is 6.35. The molecule has 126 valence electrons. The molecule has 1 amide bonds. The van der Waals surface area contributed by atoms with E-state index in [9.17, 15) is 9.59 Å². The fraction of sp³-hybridized carbons (Fsp3) is 0.0588. The van der Waals surface area contributed by atoms with Gasteiger partial charge < -0.3 is 5.32 Å². The Morgan fingerprint density at radius 3 is 2.76 bits per heavy atom. The number of benzene rings is 1. The van der Waals surface area contributed by atoms with Crippen molar-refractivity contribution < 1.29 is 4.79 Å². The second-order valence-electron chi connectivity index (χ2n) is 5.16. The first-order valence-corrected chi connectivity index (χ1v) is 8.02. The summed E-state index contributed by atoms with van der Waals surface area (Å²) in [6.07, 6.45) is 3.22. The van der Waals surface area contributed by atoms with E-state index in [1.165, 1.54) is 6.07 Å². The smallest absolute Gasteiger partial charge is 0.277 e. The number of amides is 1. The standard InChI is InChI=1S/C17H12Cl2N4O2/c18-12-4-3-10(14(19)6-12)9-21-16(24)13-7-15(22-23-17(13)25)11-2-1-5-20-8-11/h1-8H,9H2,(H,21,24)(H,23,25). The van der Waals surface area contributed by atoms with E-state index in [2.05, 4.69) is 20.5 Å². The number of hydrogen-bond acceptors (Lipinski definition) is 4. The summed E-state index contributed by atoms with van der Waals surface area (Å²) in [6.45, 7) is 0.166. The lowest BCUT2D eigenvalue weighted by atomic mass is 10.1. The molecule has 3 rings (SSSR count). The second kappa shape index (κ2) is 7.46. The summed E-state index contributed by atoms with van der Waals surface area (Å²) >= 11 is 11.9. The maximum atomic E-state index is 12.4. The van der Waals surface area contributed by atoms with Gasteiger partial charge >= 0.3 is 0 Å². The molecule has 0 atom stereocenters. The summed E-state index contributed by atoms with van der Waals surface area (Å²) in [5, 5.41) is 9.88. The molecule has 6 nitrogen and oxygen atoms in total. The highest BCUT2D eigenvalue weighted by Crippen LogP contribution is 2.21. The molecular formula is C17H12Cl2N4O2. The Bertz CT molecular complexity index is 974. The molecule has 2 heterocycles. The van der Waals surface area contributed by atoms with E-state index >= 15 is 0 Å². The predicted octanol–water partition coefficient (Wildman–Crippen LogP) is 3.07. The van der Waals surface area contributed by atoms with Gasteiger partial charge in [0.15, 0.2) is 0 Å². The quantitative estimate of drug-likeness (QED) is 0.734. The van der Waals surface area contributed by atoms with Gasteiger partial charge in [0.2, 0.25) is 0 Å². The van der Waals surface area contributed by atoms with Crippen molar-refractivity contribution in [1.82, 2.24) is 20.5 Å². The monoisotopic (exact) mass is 374 g/mol. The summed E-state index contributed by atoms with van der Waals surface area (Å²) in [4.78, 5) is 28.3. The van der Waals surface area contributed by atoms with Gasteiger partial charge in [-0.05, 0) is 35.9 Å². The molecule has 2 N–H and O–H groups in total. The van der Waals surface area contributed by atoms with Crippen molar-refractivity contribution >= 4 is 29.1 Å². The van der Waals surface area contributed by atoms with Crippen molar-refractivity contribution in [3.05, 3.63) is 80.3 Å². The van der Waals surface area contributed by atoms with E-state index in [-0.39, 0.29) is 12.1 Å². The summed E-state index contributed by atoms with van der Waals surface area (Å²) in [5.74, 6) is -0.528. The summed E-state index contributed by atoms with van der Waals surface area (Å²) < 4.78 is 0. The lowest BCUT2D eigenvalue weighted by Crippen LogP contribution is -2.29. The molecule has 0 bridgehead atoms. The lowest BCUT2D eigenvalue weighted by molar-refractivity contribution is 0.0949. The SMILES string of the molecule is O=C(NCc1ccc(Cl)cc1Cl)c1cc(-c2cccnc2)n[nH]c1=O. The van der Waals surface area contributed by atoms with Crippen molar-refractivity contribution in [2.45, 2.75) is 6.54 Å². The van der Waals surface area contributed by atoms with Crippen LogP contribution >= 0.6 is 23.2 Å². The van der Waals surface area contributed by atoms with E-state index in [0.29, 0.717) is 26.9 Å². The molecule has 2 aromatic heterocycles. The maximum absolute atomic E-state index is 12.4. The molecule has 1 aromatic carbocycles. The predicted molar refractivity (Wildman–Crippen MR) is 95.7 cm³/mol. The van der Waals surface area contributed by atoms with Gasteiger partial charge in [-0.3, -0.25) is 14.6 Å². The third-order valence-corrected chi connectivity index (χ3v) is 4.05. The Hall–Kier alpha value is -2.70. The van der Waals surface area contributed by atoms with Crippen LogP contribution in [0.1, 0.15) is 15.9 Å². The Labute approximate surface area is 152 Å². The molecule has 0 unspecified atom stereocenters. The van der Waals surface area contributed by atoms with Crippen LogP contribution in [0.3, 0.4) is 0 Å². The number of aromatic nitrogens is 3. The van der Waals surface area contributed by atoms with E-state index in [4.69, 9.17) is 23.2 Å². The summed E-state index contributed by atoms with van der Waals surface area (Å²) in [7, 11) is 0. The van der Waals surface area contributed by atoms with Crippen LogP contribution in [0, 0.1) is 0 Å². The Kier molecular flexibility index (Phi) is 5.11. The van der Waals surface area contributed by atoms with Gasteiger partial charge in [-0.1, -0.05) is 29.3 Å². The van der Waals surface area contributed by atoms with Gasteiger partial charge in [-0.15, -0.1) is 0 Å². The van der Waals surface area contributed by atoms with Crippen LogP contribution in [0.15, 0.2) is 53.6 Å². The number of halogens is 2. The molecule has 0 saturated carbocycles. The van der Waals surface area contributed by atoms with E-state index < -0.39 is 11.5 Å². The molecule has 3 aromatic rings. The topological polar surface area (TPSA) is 87.7 Å². The van der Waals surface area contributed by atoms with Gasteiger partial charge in [-0.25, -0.2) is 5.10 Å². The molecule has 8 heteroatoms. The zero-order chi connectivity index (χ0) is 17.8. The average Bonchev–Trinajstić information content (AvgIpc) is 2.62. The molecule has 0 saturated heterocycles. The molecule has 0 aliphatic heterocycles. The number of pyridine rings is 1. The first kappa shape index (κ1) is 17.1. The van der Waals surface area contributed by atoms with Crippen molar-refractivity contribution in [2.24, 2.45) is 0 Å². The fourth-order valence-electron chi connectivity index (χ4n) is 2.17. The van der Waals surface area contributed by atoms with Crippen molar-refractivity contribution in [2.75, 3.05) is 0 Å². The van der Waals surface area contributed by atoms with Crippen LogP contribution in [0.5, 0.6) is 0 Å². The van der Waals surface area contributed by atoms with Gasteiger partial charge in [0.05, 0.1) is 5.69 Å². The summed E-state index contributed by atoms with van der Waals surface area (Å²) in [5.41, 5.74) is 1.21. The number of H-pyrrole nitrogens is 1. The zero-order valence-electron chi connectivity index (χ0n) is 12.8. The minimum absolute atomic E-state index is 0.0426. The van der Waals surface area contributed by atoms with Crippen LogP contribution in [0.4, 0.5) is 0 Å². The molecule has 0 radical (unpaired) electrons. The minimum atomic E-state index is -0.577. The number of rotatable bonds is 4. The van der Waals surface area contributed by atoms with Gasteiger partial charge in [0, 0.05) is 34.5 Å². The third kappa shape index (κ3) is 4.04. The average molecular weight is 375 g/mol. The van der Waals surface area contributed by atoms with Crippen LogP contribution in [0.25, 0.3) is 11.3 Å². The van der Waals surface area contributed by atoms with E-state index in [1.54, 1.807) is 42.7 Å². The van der Waals surface area contributed by atoms with Crippen LogP contribution in [0.2, 0.25) is 10.0 Å². The van der Waals surface area contributed by atoms with Crippen molar-refractivity contribution in [3.63, 3.8) is 0 Å². The Morgan fingerprint density at radius 1 is 1.20 bits per heavy atom. The van der Waals surface area contributed by atoms with Crippen LogP contribution in [-0.2, 0) is 6.54 Å². The highest BCUT2D eigenvalue weighted by atomic mass is 35.5. The van der Waals surface area contributed by atoms with Gasteiger partial charge in [-0.2, -0.15) is 5.10 Å².